The Morgan fingerprint density at radius 2 is 1.90 bits per heavy atom. The third kappa shape index (κ3) is 3.46. The van der Waals surface area contributed by atoms with Crippen molar-refractivity contribution in [3.05, 3.63) is 67.2 Å². The van der Waals surface area contributed by atoms with E-state index in [1.54, 1.807) is 25.1 Å². The van der Waals surface area contributed by atoms with E-state index in [1.807, 2.05) is 19.1 Å². The average molecular weight is 325 g/mol. The largest absolute Gasteiger partial charge is 0.381 e. The number of aryl methyl sites for hydroxylation is 2. The molecule has 2 aromatic rings. The number of benzene rings is 2. The quantitative estimate of drug-likeness (QED) is 0.626. The molecule has 0 saturated heterocycles. The normalized spacial score (nSPS) is 10.5. The van der Waals surface area contributed by atoms with Crippen molar-refractivity contribution in [3.8, 4) is 0 Å². The molecule has 0 aliphatic rings. The molecule has 2 aromatic carbocycles. The van der Waals surface area contributed by atoms with E-state index in [9.17, 15) is 10.1 Å². The van der Waals surface area contributed by atoms with Crippen LogP contribution >= 0.6 is 23.2 Å². The van der Waals surface area contributed by atoms with Crippen LogP contribution in [0.15, 0.2) is 30.3 Å². The number of hydrogen-bond donors (Lipinski definition) is 1. The van der Waals surface area contributed by atoms with Crippen LogP contribution in [0.25, 0.3) is 0 Å². The zero-order valence-electron chi connectivity index (χ0n) is 11.6. The van der Waals surface area contributed by atoms with Gasteiger partial charge in [0.25, 0.3) is 5.69 Å². The van der Waals surface area contributed by atoms with Crippen molar-refractivity contribution in [2.24, 2.45) is 0 Å². The molecule has 0 aliphatic carbocycles. The summed E-state index contributed by atoms with van der Waals surface area (Å²) < 4.78 is 0. The molecular formula is C15H14Cl2N2O2. The highest BCUT2D eigenvalue weighted by Gasteiger charge is 2.13. The van der Waals surface area contributed by atoms with Gasteiger partial charge < -0.3 is 5.32 Å². The summed E-state index contributed by atoms with van der Waals surface area (Å²) in [6.45, 7) is 4.04. The Balaban J connectivity index is 2.23. The molecule has 110 valence electrons. The molecule has 0 amide bonds. The smallest absolute Gasteiger partial charge is 0.272 e. The maximum atomic E-state index is 10.9. The zero-order chi connectivity index (χ0) is 15.6. The molecular weight excluding hydrogens is 311 g/mol. The highest BCUT2D eigenvalue weighted by molar-refractivity contribution is 6.42. The Kier molecular flexibility index (Phi) is 4.70. The van der Waals surface area contributed by atoms with E-state index in [0.29, 0.717) is 22.2 Å². The maximum absolute atomic E-state index is 10.9. The Labute approximate surface area is 132 Å². The molecule has 6 heteroatoms. The first-order valence-corrected chi connectivity index (χ1v) is 7.08. The fraction of sp³-hybridized carbons (Fsp3) is 0.200. The van der Waals surface area contributed by atoms with Crippen LogP contribution in [0.3, 0.4) is 0 Å². The molecule has 0 unspecified atom stereocenters. The Morgan fingerprint density at radius 1 is 1.19 bits per heavy atom. The van der Waals surface area contributed by atoms with E-state index in [2.05, 4.69) is 5.32 Å². The maximum Gasteiger partial charge on any atom is 0.272 e. The molecule has 1 N–H and O–H groups in total. The van der Waals surface area contributed by atoms with Gasteiger partial charge in [-0.3, -0.25) is 10.1 Å². The molecule has 0 radical (unpaired) electrons. The highest BCUT2D eigenvalue weighted by Crippen LogP contribution is 2.29. The van der Waals surface area contributed by atoms with Crippen LogP contribution in [0, 0.1) is 24.0 Å². The first-order valence-electron chi connectivity index (χ1n) is 6.32. The molecule has 0 saturated carbocycles. The van der Waals surface area contributed by atoms with E-state index in [1.165, 1.54) is 0 Å². The second-order valence-electron chi connectivity index (χ2n) is 4.78. The number of nitrogens with zero attached hydrogens (tertiary/aromatic N) is 1. The summed E-state index contributed by atoms with van der Waals surface area (Å²) in [6.07, 6.45) is 0. The minimum absolute atomic E-state index is 0.124. The molecule has 0 atom stereocenters. The highest BCUT2D eigenvalue weighted by atomic mass is 35.5. The Bertz CT molecular complexity index is 702. The molecule has 0 aromatic heterocycles. The monoisotopic (exact) mass is 324 g/mol. The van der Waals surface area contributed by atoms with E-state index < -0.39 is 0 Å². The first-order chi connectivity index (χ1) is 9.90. The van der Waals surface area contributed by atoms with Crippen molar-refractivity contribution >= 4 is 34.6 Å². The standard InChI is InChI=1S/C15H14Cl2N2O2/c1-9-7-14(19(20)21)10(2)6-13(9)18-8-11-4-3-5-12(16)15(11)17/h3-7,18H,8H2,1-2H3. The lowest BCUT2D eigenvalue weighted by Crippen LogP contribution is -2.03. The second-order valence-corrected chi connectivity index (χ2v) is 5.56. The first kappa shape index (κ1) is 15.6. The molecule has 2 rings (SSSR count). The summed E-state index contributed by atoms with van der Waals surface area (Å²) in [5.41, 5.74) is 3.27. The van der Waals surface area contributed by atoms with Gasteiger partial charge >= 0.3 is 0 Å². The van der Waals surface area contributed by atoms with Gasteiger partial charge in [0.2, 0.25) is 0 Å². The van der Waals surface area contributed by atoms with Crippen molar-refractivity contribution in [1.82, 2.24) is 0 Å². The molecule has 4 nitrogen and oxygen atoms in total. The van der Waals surface area contributed by atoms with Crippen LogP contribution in [0.2, 0.25) is 10.0 Å². The van der Waals surface area contributed by atoms with E-state index in [4.69, 9.17) is 23.2 Å². The summed E-state index contributed by atoms with van der Waals surface area (Å²) in [5.74, 6) is 0. The summed E-state index contributed by atoms with van der Waals surface area (Å²) in [4.78, 5) is 10.5. The van der Waals surface area contributed by atoms with Crippen molar-refractivity contribution in [2.75, 3.05) is 5.32 Å². The van der Waals surface area contributed by atoms with E-state index >= 15 is 0 Å². The third-order valence-corrected chi connectivity index (χ3v) is 4.10. The summed E-state index contributed by atoms with van der Waals surface area (Å²) in [5, 5.41) is 15.2. The van der Waals surface area contributed by atoms with Gasteiger partial charge in [0.15, 0.2) is 0 Å². The van der Waals surface area contributed by atoms with Crippen LogP contribution in [-0.4, -0.2) is 4.92 Å². The van der Waals surface area contributed by atoms with Crippen molar-refractivity contribution in [2.45, 2.75) is 20.4 Å². The number of halogens is 2. The third-order valence-electron chi connectivity index (χ3n) is 3.24. The Hall–Kier alpha value is -1.78. The van der Waals surface area contributed by atoms with Gasteiger partial charge in [-0.05, 0) is 37.1 Å². The lowest BCUT2D eigenvalue weighted by molar-refractivity contribution is -0.385. The van der Waals surface area contributed by atoms with Gasteiger partial charge in [0.05, 0.1) is 15.0 Å². The van der Waals surface area contributed by atoms with E-state index in [0.717, 1.165) is 16.8 Å². The molecule has 0 spiro atoms. The van der Waals surface area contributed by atoms with Crippen molar-refractivity contribution in [1.29, 1.82) is 0 Å². The van der Waals surface area contributed by atoms with Crippen LogP contribution in [-0.2, 0) is 6.54 Å². The van der Waals surface area contributed by atoms with Gasteiger partial charge in [-0.25, -0.2) is 0 Å². The van der Waals surface area contributed by atoms with Crippen molar-refractivity contribution < 1.29 is 4.92 Å². The number of hydrogen-bond acceptors (Lipinski definition) is 3. The SMILES string of the molecule is Cc1cc([N+](=O)[O-])c(C)cc1NCc1cccc(Cl)c1Cl. The average Bonchev–Trinajstić information content (AvgIpc) is 2.43. The van der Waals surface area contributed by atoms with Gasteiger partial charge in [-0.15, -0.1) is 0 Å². The number of nitrogens with one attached hydrogen (secondary N) is 1. The number of nitro benzene ring substituents is 1. The summed E-state index contributed by atoms with van der Waals surface area (Å²) >= 11 is 12.1. The van der Waals surface area contributed by atoms with E-state index in [-0.39, 0.29) is 10.6 Å². The van der Waals surface area contributed by atoms with Gasteiger partial charge in [-0.1, -0.05) is 35.3 Å². The van der Waals surface area contributed by atoms with Crippen LogP contribution in [0.5, 0.6) is 0 Å². The minimum atomic E-state index is -0.375. The molecule has 0 bridgehead atoms. The molecule has 21 heavy (non-hydrogen) atoms. The zero-order valence-corrected chi connectivity index (χ0v) is 13.1. The number of rotatable bonds is 4. The Morgan fingerprint density at radius 3 is 2.57 bits per heavy atom. The molecule has 0 fully saturated rings. The fourth-order valence-corrected chi connectivity index (χ4v) is 2.45. The predicted molar refractivity (Wildman–Crippen MR) is 86.4 cm³/mol. The van der Waals surface area contributed by atoms with Crippen LogP contribution in [0.1, 0.15) is 16.7 Å². The topological polar surface area (TPSA) is 55.2 Å². The minimum Gasteiger partial charge on any atom is -0.381 e. The van der Waals surface area contributed by atoms with Crippen LogP contribution in [0.4, 0.5) is 11.4 Å². The molecule has 0 heterocycles. The summed E-state index contributed by atoms with van der Waals surface area (Å²) in [6, 6.07) is 8.78. The van der Waals surface area contributed by atoms with Gasteiger partial charge in [0, 0.05) is 23.9 Å². The fourth-order valence-electron chi connectivity index (χ4n) is 2.06. The lowest BCUT2D eigenvalue weighted by Gasteiger charge is -2.12. The molecule has 0 aliphatic heterocycles. The summed E-state index contributed by atoms with van der Waals surface area (Å²) in [7, 11) is 0. The van der Waals surface area contributed by atoms with Gasteiger partial charge in [0.1, 0.15) is 0 Å². The number of nitro groups is 1. The lowest BCUT2D eigenvalue weighted by atomic mass is 10.1. The predicted octanol–water partition coefficient (Wildman–Crippen LogP) is 5.13. The number of anilines is 1. The van der Waals surface area contributed by atoms with Crippen molar-refractivity contribution in [3.63, 3.8) is 0 Å². The van der Waals surface area contributed by atoms with Gasteiger partial charge in [-0.2, -0.15) is 0 Å². The van der Waals surface area contributed by atoms with Crippen LogP contribution < -0.4 is 5.32 Å². The second kappa shape index (κ2) is 6.33.